The van der Waals surface area contributed by atoms with Crippen LogP contribution in [0.25, 0.3) is 0 Å². The Morgan fingerprint density at radius 2 is 1.74 bits per heavy atom. The molecule has 2 aromatic carbocycles. The van der Waals surface area contributed by atoms with Crippen LogP contribution in [-0.4, -0.2) is 31.6 Å². The number of hydrogen-bond acceptors (Lipinski definition) is 3. The summed E-state index contributed by atoms with van der Waals surface area (Å²) >= 11 is 0. The molecule has 0 radical (unpaired) electrons. The normalized spacial score (nSPS) is 12.2. The van der Waals surface area contributed by atoms with Gasteiger partial charge in [0.25, 0.3) is 0 Å². The maximum atomic E-state index is 11.4. The van der Waals surface area contributed by atoms with Crippen molar-refractivity contribution >= 4 is 5.97 Å². The largest absolute Gasteiger partial charge is 0.465 e. The Labute approximate surface area is 138 Å². The van der Waals surface area contributed by atoms with Crippen molar-refractivity contribution in [1.29, 1.82) is 0 Å². The highest BCUT2D eigenvalue weighted by molar-refractivity contribution is 5.89. The fourth-order valence-electron chi connectivity index (χ4n) is 2.64. The summed E-state index contributed by atoms with van der Waals surface area (Å²) in [7, 11) is 3.57. The zero-order valence-electron chi connectivity index (χ0n) is 14.2. The van der Waals surface area contributed by atoms with E-state index in [1.165, 1.54) is 18.2 Å². The van der Waals surface area contributed by atoms with Crippen LogP contribution in [0.3, 0.4) is 0 Å². The van der Waals surface area contributed by atoms with Gasteiger partial charge in [0.1, 0.15) is 0 Å². The van der Waals surface area contributed by atoms with E-state index in [0.717, 1.165) is 19.4 Å². The van der Waals surface area contributed by atoms with Crippen molar-refractivity contribution in [3.8, 4) is 0 Å². The molecule has 1 atom stereocenters. The molecule has 0 aliphatic rings. The summed E-state index contributed by atoms with van der Waals surface area (Å²) in [4.78, 5) is 13.8. The zero-order valence-corrected chi connectivity index (χ0v) is 14.2. The molecule has 0 aliphatic heterocycles. The highest BCUT2D eigenvalue weighted by Gasteiger charge is 2.10. The molecule has 0 aromatic heterocycles. The molecular formula is C20H25NO2. The van der Waals surface area contributed by atoms with Crippen molar-refractivity contribution in [3.63, 3.8) is 0 Å². The Kier molecular flexibility index (Phi) is 6.36. The number of rotatable bonds is 7. The fourth-order valence-corrected chi connectivity index (χ4v) is 2.64. The lowest BCUT2D eigenvalue weighted by Crippen LogP contribution is -2.23. The van der Waals surface area contributed by atoms with Crippen molar-refractivity contribution < 1.29 is 9.53 Å². The van der Waals surface area contributed by atoms with Crippen LogP contribution in [0.5, 0.6) is 0 Å². The minimum atomic E-state index is -0.284. The summed E-state index contributed by atoms with van der Waals surface area (Å²) in [6.45, 7) is 3.27. The van der Waals surface area contributed by atoms with Gasteiger partial charge in [-0.05, 0) is 56.6 Å². The number of nitrogens with zero attached hydrogens (tertiary/aromatic N) is 1. The summed E-state index contributed by atoms with van der Waals surface area (Å²) in [6.07, 6.45) is 2.10. The topological polar surface area (TPSA) is 29.5 Å². The number of methoxy groups -OCH3 is 1. The maximum absolute atomic E-state index is 11.4. The van der Waals surface area contributed by atoms with E-state index in [1.807, 2.05) is 30.3 Å². The molecule has 0 saturated carbocycles. The van der Waals surface area contributed by atoms with Crippen molar-refractivity contribution in [2.75, 3.05) is 20.7 Å². The summed E-state index contributed by atoms with van der Waals surface area (Å²) in [5, 5.41) is 0. The molecule has 0 spiro atoms. The van der Waals surface area contributed by atoms with Crippen molar-refractivity contribution in [1.82, 2.24) is 4.90 Å². The van der Waals surface area contributed by atoms with E-state index in [1.54, 1.807) is 0 Å². The number of carbonyl (C=O) groups excluding carboxylic acids is 1. The molecule has 0 bridgehead atoms. The standard InChI is InChI=1S/C20H25NO2/c1-16(18-9-5-4-6-10-18)21(2)15-7-8-17-11-13-19(14-12-17)20(22)23-3/h4-6,9-14,16H,7-8,15H2,1-3H3/t16-/m0/s1. The van der Waals surface area contributed by atoms with Gasteiger partial charge in [-0.15, -0.1) is 0 Å². The van der Waals surface area contributed by atoms with Crippen LogP contribution in [0, 0.1) is 0 Å². The first-order chi connectivity index (χ1) is 11.1. The van der Waals surface area contributed by atoms with E-state index < -0.39 is 0 Å². The highest BCUT2D eigenvalue weighted by Crippen LogP contribution is 2.18. The molecule has 0 heterocycles. The van der Waals surface area contributed by atoms with Gasteiger partial charge in [-0.1, -0.05) is 42.5 Å². The van der Waals surface area contributed by atoms with Crippen molar-refractivity contribution in [2.24, 2.45) is 0 Å². The fraction of sp³-hybridized carbons (Fsp3) is 0.350. The Morgan fingerprint density at radius 1 is 1.09 bits per heavy atom. The van der Waals surface area contributed by atoms with E-state index in [9.17, 15) is 4.79 Å². The molecule has 0 saturated heterocycles. The maximum Gasteiger partial charge on any atom is 0.337 e. The number of aryl methyl sites for hydroxylation is 1. The predicted molar refractivity (Wildman–Crippen MR) is 93.6 cm³/mol. The summed E-state index contributed by atoms with van der Waals surface area (Å²) in [6, 6.07) is 18.7. The molecular weight excluding hydrogens is 286 g/mol. The lowest BCUT2D eigenvalue weighted by molar-refractivity contribution is 0.0600. The zero-order chi connectivity index (χ0) is 16.7. The molecule has 3 heteroatoms. The van der Waals surface area contributed by atoms with Crippen LogP contribution in [0.4, 0.5) is 0 Å². The van der Waals surface area contributed by atoms with Crippen LogP contribution in [0.1, 0.15) is 40.9 Å². The first kappa shape index (κ1) is 17.2. The Hall–Kier alpha value is -2.13. The first-order valence-electron chi connectivity index (χ1n) is 8.04. The van der Waals surface area contributed by atoms with E-state index in [-0.39, 0.29) is 5.97 Å². The molecule has 0 fully saturated rings. The van der Waals surface area contributed by atoms with Gasteiger partial charge in [-0.25, -0.2) is 4.79 Å². The smallest absolute Gasteiger partial charge is 0.337 e. The van der Waals surface area contributed by atoms with Gasteiger partial charge in [0, 0.05) is 6.04 Å². The van der Waals surface area contributed by atoms with E-state index in [2.05, 4.69) is 43.1 Å². The average molecular weight is 311 g/mol. The number of benzene rings is 2. The van der Waals surface area contributed by atoms with Gasteiger partial charge >= 0.3 is 5.97 Å². The van der Waals surface area contributed by atoms with Crippen molar-refractivity contribution in [2.45, 2.75) is 25.8 Å². The van der Waals surface area contributed by atoms with Crippen LogP contribution in [0.2, 0.25) is 0 Å². The van der Waals surface area contributed by atoms with Crippen molar-refractivity contribution in [3.05, 3.63) is 71.3 Å². The van der Waals surface area contributed by atoms with Crippen LogP contribution in [0.15, 0.2) is 54.6 Å². The molecule has 0 N–H and O–H groups in total. The van der Waals surface area contributed by atoms with Gasteiger partial charge in [-0.2, -0.15) is 0 Å². The van der Waals surface area contributed by atoms with Crippen LogP contribution < -0.4 is 0 Å². The number of ether oxygens (including phenoxy) is 1. The minimum absolute atomic E-state index is 0.284. The van der Waals surface area contributed by atoms with Gasteiger partial charge in [-0.3, -0.25) is 4.90 Å². The second-order valence-corrected chi connectivity index (χ2v) is 5.86. The quantitative estimate of drug-likeness (QED) is 0.721. The SMILES string of the molecule is COC(=O)c1ccc(CCCN(C)[C@@H](C)c2ccccc2)cc1. The Balaban J connectivity index is 1.81. The molecule has 122 valence electrons. The number of hydrogen-bond donors (Lipinski definition) is 0. The molecule has 23 heavy (non-hydrogen) atoms. The Morgan fingerprint density at radius 3 is 2.35 bits per heavy atom. The lowest BCUT2D eigenvalue weighted by Gasteiger charge is -2.25. The second kappa shape index (κ2) is 8.49. The van der Waals surface area contributed by atoms with Gasteiger partial charge in [0.2, 0.25) is 0 Å². The van der Waals surface area contributed by atoms with Crippen LogP contribution >= 0.6 is 0 Å². The summed E-state index contributed by atoms with van der Waals surface area (Å²) in [5.74, 6) is -0.284. The third-order valence-electron chi connectivity index (χ3n) is 4.29. The van der Waals surface area contributed by atoms with Gasteiger partial charge in [0.15, 0.2) is 0 Å². The molecule has 0 aliphatic carbocycles. The molecule has 0 amide bonds. The molecule has 3 nitrogen and oxygen atoms in total. The molecule has 2 aromatic rings. The van der Waals surface area contributed by atoms with Gasteiger partial charge < -0.3 is 4.74 Å². The van der Waals surface area contributed by atoms with Gasteiger partial charge in [0.05, 0.1) is 12.7 Å². The molecule has 2 rings (SSSR count). The van der Waals surface area contributed by atoms with E-state index >= 15 is 0 Å². The predicted octanol–water partition coefficient (Wildman–Crippen LogP) is 4.10. The average Bonchev–Trinajstić information content (AvgIpc) is 2.61. The molecule has 0 unspecified atom stereocenters. The third-order valence-corrected chi connectivity index (χ3v) is 4.29. The third kappa shape index (κ3) is 4.93. The van der Waals surface area contributed by atoms with E-state index in [4.69, 9.17) is 4.74 Å². The Bertz CT molecular complexity index is 607. The monoisotopic (exact) mass is 311 g/mol. The highest BCUT2D eigenvalue weighted by atomic mass is 16.5. The number of carbonyl (C=O) groups is 1. The summed E-state index contributed by atoms with van der Waals surface area (Å²) < 4.78 is 4.71. The summed E-state index contributed by atoms with van der Waals surface area (Å²) in [5.41, 5.74) is 3.20. The van der Waals surface area contributed by atoms with Crippen LogP contribution in [-0.2, 0) is 11.2 Å². The first-order valence-corrected chi connectivity index (χ1v) is 8.04. The van der Waals surface area contributed by atoms with E-state index in [0.29, 0.717) is 11.6 Å². The number of esters is 1. The second-order valence-electron chi connectivity index (χ2n) is 5.86. The minimum Gasteiger partial charge on any atom is -0.465 e. The lowest BCUT2D eigenvalue weighted by atomic mass is 10.1.